The highest BCUT2D eigenvalue weighted by Gasteiger charge is 2.44. The van der Waals surface area contributed by atoms with E-state index >= 15 is 0 Å². The van der Waals surface area contributed by atoms with Crippen LogP contribution in [0.1, 0.15) is 62.8 Å². The van der Waals surface area contributed by atoms with Gasteiger partial charge in [0.05, 0.1) is 18.8 Å². The fourth-order valence-electron chi connectivity index (χ4n) is 4.61. The number of halogens is 1. The maximum atomic E-state index is 11.9. The van der Waals surface area contributed by atoms with Gasteiger partial charge in [-0.05, 0) is 54.2 Å². The lowest BCUT2D eigenvalue weighted by Gasteiger charge is -2.40. The molecule has 216 valence electrons. The van der Waals surface area contributed by atoms with Gasteiger partial charge in [-0.15, -0.1) is 0 Å². The molecule has 2 aromatic carbocycles. The molecule has 1 aliphatic carbocycles. The third-order valence-electron chi connectivity index (χ3n) is 6.58. The van der Waals surface area contributed by atoms with Gasteiger partial charge < -0.3 is 28.4 Å². The van der Waals surface area contributed by atoms with Gasteiger partial charge in [-0.3, -0.25) is 14.4 Å². The molecule has 2 fully saturated rings. The van der Waals surface area contributed by atoms with Crippen molar-refractivity contribution in [3.8, 4) is 5.75 Å². The van der Waals surface area contributed by atoms with Crippen LogP contribution < -0.4 is 4.74 Å². The number of hydrogen-bond acceptors (Lipinski definition) is 9. The molecule has 10 heteroatoms. The van der Waals surface area contributed by atoms with Crippen LogP contribution in [0.4, 0.5) is 0 Å². The van der Waals surface area contributed by atoms with Crippen LogP contribution in [0, 0.1) is 0 Å². The number of benzene rings is 2. The Bertz CT molecular complexity index is 1180. The van der Waals surface area contributed by atoms with E-state index in [1.807, 2.05) is 36.4 Å². The van der Waals surface area contributed by atoms with Crippen LogP contribution in [0.25, 0.3) is 0 Å². The minimum absolute atomic E-state index is 0.164. The lowest BCUT2D eigenvalue weighted by molar-refractivity contribution is -0.216. The lowest BCUT2D eigenvalue weighted by atomic mass is 9.92. The Labute approximate surface area is 239 Å². The molecule has 1 aliphatic heterocycles. The summed E-state index contributed by atoms with van der Waals surface area (Å²) in [4.78, 5) is 35.2. The van der Waals surface area contributed by atoms with Gasteiger partial charge in [0.25, 0.3) is 0 Å². The van der Waals surface area contributed by atoms with Crippen LogP contribution in [0.2, 0.25) is 5.02 Å². The summed E-state index contributed by atoms with van der Waals surface area (Å²) in [5.74, 6) is -0.813. The third-order valence-corrected chi connectivity index (χ3v) is 6.95. The molecule has 0 spiro atoms. The molecular formula is C30H35ClO9. The molecule has 1 saturated heterocycles. The Hall–Kier alpha value is -3.14. The maximum Gasteiger partial charge on any atom is 0.303 e. The number of carbonyl (C=O) groups excluding carboxylic acids is 3. The zero-order valence-electron chi connectivity index (χ0n) is 22.9. The summed E-state index contributed by atoms with van der Waals surface area (Å²) in [5, 5.41) is 0.600. The largest absolute Gasteiger partial charge is 0.491 e. The van der Waals surface area contributed by atoms with Gasteiger partial charge in [0.2, 0.25) is 0 Å². The Morgan fingerprint density at radius 1 is 0.925 bits per heavy atom. The second-order valence-electron chi connectivity index (χ2n) is 10.0. The van der Waals surface area contributed by atoms with E-state index in [4.69, 9.17) is 40.0 Å². The zero-order chi connectivity index (χ0) is 28.6. The molecule has 40 heavy (non-hydrogen) atoms. The number of hydrogen-bond donors (Lipinski definition) is 0. The van der Waals surface area contributed by atoms with Gasteiger partial charge in [0.1, 0.15) is 31.2 Å². The molecular weight excluding hydrogens is 540 g/mol. The Morgan fingerprint density at radius 3 is 2.30 bits per heavy atom. The fourth-order valence-corrected chi connectivity index (χ4v) is 4.80. The predicted octanol–water partition coefficient (Wildman–Crippen LogP) is 4.75. The second kappa shape index (κ2) is 14.0. The smallest absolute Gasteiger partial charge is 0.303 e. The van der Waals surface area contributed by atoms with Crippen molar-refractivity contribution in [2.24, 2.45) is 0 Å². The average molecular weight is 575 g/mol. The van der Waals surface area contributed by atoms with E-state index in [2.05, 4.69) is 0 Å². The predicted molar refractivity (Wildman–Crippen MR) is 145 cm³/mol. The summed E-state index contributed by atoms with van der Waals surface area (Å²) < 4.78 is 33.8. The Kier molecular flexibility index (Phi) is 10.4. The average Bonchev–Trinajstić information content (AvgIpc) is 3.73. The van der Waals surface area contributed by atoms with Crippen molar-refractivity contribution in [3.05, 3.63) is 64.2 Å². The van der Waals surface area contributed by atoms with Crippen LogP contribution in [0.3, 0.4) is 0 Å². The number of carbonyl (C=O) groups is 3. The van der Waals surface area contributed by atoms with E-state index in [0.717, 1.165) is 35.3 Å². The van der Waals surface area contributed by atoms with Crippen LogP contribution in [0.5, 0.6) is 5.75 Å². The first-order valence-corrected chi connectivity index (χ1v) is 13.8. The van der Waals surface area contributed by atoms with Gasteiger partial charge >= 0.3 is 17.9 Å². The third kappa shape index (κ3) is 8.94. The topological polar surface area (TPSA) is 107 Å². The molecule has 0 bridgehead atoms. The Balaban J connectivity index is 1.46. The van der Waals surface area contributed by atoms with Gasteiger partial charge in [-0.25, -0.2) is 0 Å². The van der Waals surface area contributed by atoms with Crippen molar-refractivity contribution < 1.29 is 42.8 Å². The van der Waals surface area contributed by atoms with E-state index < -0.39 is 42.3 Å². The molecule has 1 heterocycles. The summed E-state index contributed by atoms with van der Waals surface area (Å²) in [7, 11) is 0. The molecule has 0 amide bonds. The molecule has 0 N–H and O–H groups in total. The maximum absolute atomic E-state index is 11.9. The van der Waals surface area contributed by atoms with Crippen molar-refractivity contribution >= 4 is 29.5 Å². The van der Waals surface area contributed by atoms with Gasteiger partial charge in [0, 0.05) is 32.2 Å². The summed E-state index contributed by atoms with van der Waals surface area (Å²) in [6.45, 7) is 4.75. The summed E-state index contributed by atoms with van der Waals surface area (Å²) in [6.07, 6.45) is 0.429. The molecule has 9 nitrogen and oxygen atoms in total. The highest BCUT2D eigenvalue weighted by molar-refractivity contribution is 6.31. The first-order chi connectivity index (χ1) is 19.2. The van der Waals surface area contributed by atoms with E-state index in [0.29, 0.717) is 30.8 Å². The van der Waals surface area contributed by atoms with Crippen LogP contribution >= 0.6 is 11.6 Å². The highest BCUT2D eigenvalue weighted by Crippen LogP contribution is 2.37. The molecule has 2 aliphatic rings. The normalized spacial score (nSPS) is 22.3. The summed E-state index contributed by atoms with van der Waals surface area (Å²) in [6, 6.07) is 13.4. The highest BCUT2D eigenvalue weighted by atomic mass is 35.5. The molecule has 0 aromatic heterocycles. The second-order valence-corrected chi connectivity index (χ2v) is 10.4. The van der Waals surface area contributed by atoms with Crippen molar-refractivity contribution in [2.75, 3.05) is 19.8 Å². The molecule has 4 rings (SSSR count). The quantitative estimate of drug-likeness (QED) is 0.202. The molecule has 0 unspecified atom stereocenters. The molecule has 0 radical (unpaired) electrons. The molecule has 4 atom stereocenters. The first-order valence-electron chi connectivity index (χ1n) is 13.4. The summed E-state index contributed by atoms with van der Waals surface area (Å²) in [5.41, 5.74) is 2.74. The molecule has 2 aromatic rings. The SMILES string of the molecule is CC(=O)OC[C@H]1O[C@@H](c2ccc(Cl)c(Cc3ccc(OCCOC4CC4)cc3)c2)C[C@@H](OC(C)=O)[C@@H]1OC(C)=O. The summed E-state index contributed by atoms with van der Waals surface area (Å²) >= 11 is 6.56. The first kappa shape index (κ1) is 29.8. The minimum Gasteiger partial charge on any atom is -0.491 e. The van der Waals surface area contributed by atoms with Crippen LogP contribution in [-0.2, 0) is 44.5 Å². The van der Waals surface area contributed by atoms with Crippen molar-refractivity contribution in [1.29, 1.82) is 0 Å². The standard InChI is InChI=1S/C30H35ClO9/c1-18(32)37-17-29-30(39-20(3)34)28(38-19(2)33)16-27(40-29)22-6-11-26(31)23(15-22)14-21-4-7-24(8-5-21)35-12-13-36-25-9-10-25/h4-8,11,15,25,27-30H,9-10,12-14,16-17H2,1-3H3/t27-,28-,29-,30+/m1/s1. The minimum atomic E-state index is -0.926. The van der Waals surface area contributed by atoms with Gasteiger partial charge in [0.15, 0.2) is 6.10 Å². The van der Waals surface area contributed by atoms with E-state index in [9.17, 15) is 14.4 Å². The zero-order valence-corrected chi connectivity index (χ0v) is 23.7. The number of ether oxygens (including phenoxy) is 6. The van der Waals surface area contributed by atoms with Gasteiger partial charge in [-0.1, -0.05) is 35.9 Å². The van der Waals surface area contributed by atoms with Crippen molar-refractivity contribution in [1.82, 2.24) is 0 Å². The fraction of sp³-hybridized carbons (Fsp3) is 0.500. The van der Waals surface area contributed by atoms with E-state index in [1.54, 1.807) is 6.07 Å². The molecule has 1 saturated carbocycles. The monoisotopic (exact) mass is 574 g/mol. The van der Waals surface area contributed by atoms with Gasteiger partial charge in [-0.2, -0.15) is 0 Å². The van der Waals surface area contributed by atoms with Crippen LogP contribution in [-0.4, -0.2) is 62.1 Å². The van der Waals surface area contributed by atoms with E-state index in [1.165, 1.54) is 20.8 Å². The van der Waals surface area contributed by atoms with Crippen LogP contribution in [0.15, 0.2) is 42.5 Å². The lowest BCUT2D eigenvalue weighted by Crippen LogP contribution is -2.51. The number of rotatable bonds is 12. The Morgan fingerprint density at radius 2 is 1.65 bits per heavy atom. The number of esters is 3. The van der Waals surface area contributed by atoms with Crippen molar-refractivity contribution in [2.45, 2.75) is 77.0 Å². The van der Waals surface area contributed by atoms with E-state index in [-0.39, 0.29) is 13.0 Å². The van der Waals surface area contributed by atoms with Crippen molar-refractivity contribution in [3.63, 3.8) is 0 Å².